The van der Waals surface area contributed by atoms with Gasteiger partial charge in [0.1, 0.15) is 0 Å². The van der Waals surface area contributed by atoms with Crippen LogP contribution in [0.25, 0.3) is 0 Å². The van der Waals surface area contributed by atoms with Gasteiger partial charge in [0.15, 0.2) is 0 Å². The normalized spacial score (nSPS) is 23.2. The highest BCUT2D eigenvalue weighted by Crippen LogP contribution is 2.15. The van der Waals surface area contributed by atoms with E-state index in [1.54, 1.807) is 0 Å². The Hall–Kier alpha value is -0.870. The number of aryl methyl sites for hydroxylation is 1. The largest absolute Gasteiger partial charge is 0.377 e. The van der Waals surface area contributed by atoms with Crippen molar-refractivity contribution in [3.05, 3.63) is 17.5 Å². The highest BCUT2D eigenvalue weighted by Gasteiger charge is 2.21. The van der Waals surface area contributed by atoms with E-state index in [2.05, 4.69) is 22.4 Å². The maximum absolute atomic E-state index is 5.63. The lowest BCUT2D eigenvalue weighted by Gasteiger charge is -2.19. The number of hydrogen-bond acceptors (Lipinski definition) is 3. The zero-order chi connectivity index (χ0) is 10.7. The number of aromatic nitrogens is 2. The predicted octanol–water partition coefficient (Wildman–Crippen LogP) is 1.38. The summed E-state index contributed by atoms with van der Waals surface area (Å²) in [5.74, 6) is 0. The standard InChI is InChI=1S/C11H19N3O/c1-8-10(7-13-14-8)6-12-9(2)11-4-3-5-15-11/h7,9,11-12H,3-6H2,1-2H3,(H,13,14)/t9-,11-/m0/s1. The van der Waals surface area contributed by atoms with E-state index in [9.17, 15) is 0 Å². The molecule has 1 saturated heterocycles. The van der Waals surface area contributed by atoms with Crippen LogP contribution in [0.5, 0.6) is 0 Å². The second-order valence-corrected chi connectivity index (χ2v) is 4.24. The summed E-state index contributed by atoms with van der Waals surface area (Å²) < 4.78 is 5.63. The van der Waals surface area contributed by atoms with Crippen molar-refractivity contribution in [2.75, 3.05) is 6.61 Å². The quantitative estimate of drug-likeness (QED) is 0.787. The molecule has 2 rings (SSSR count). The highest BCUT2D eigenvalue weighted by molar-refractivity contribution is 5.13. The fraction of sp³-hybridized carbons (Fsp3) is 0.727. The van der Waals surface area contributed by atoms with Crippen molar-refractivity contribution in [2.45, 2.75) is 45.4 Å². The van der Waals surface area contributed by atoms with E-state index in [-0.39, 0.29) is 0 Å². The zero-order valence-electron chi connectivity index (χ0n) is 9.42. The van der Waals surface area contributed by atoms with E-state index in [1.165, 1.54) is 18.4 Å². The lowest BCUT2D eigenvalue weighted by molar-refractivity contribution is 0.0832. The molecule has 0 radical (unpaired) electrons. The van der Waals surface area contributed by atoms with Gasteiger partial charge in [-0.05, 0) is 26.7 Å². The Morgan fingerprint density at radius 3 is 3.20 bits per heavy atom. The number of rotatable bonds is 4. The van der Waals surface area contributed by atoms with Crippen molar-refractivity contribution in [1.82, 2.24) is 15.5 Å². The minimum Gasteiger partial charge on any atom is -0.377 e. The van der Waals surface area contributed by atoms with Crippen LogP contribution in [0.4, 0.5) is 0 Å². The molecule has 0 unspecified atom stereocenters. The Balaban J connectivity index is 1.80. The zero-order valence-corrected chi connectivity index (χ0v) is 9.42. The topological polar surface area (TPSA) is 49.9 Å². The molecule has 1 aromatic rings. The first-order chi connectivity index (χ1) is 7.27. The number of nitrogens with zero attached hydrogens (tertiary/aromatic N) is 1. The molecule has 0 saturated carbocycles. The number of nitrogens with one attached hydrogen (secondary N) is 2. The summed E-state index contributed by atoms with van der Waals surface area (Å²) in [6.45, 7) is 6.01. The average molecular weight is 209 g/mol. The van der Waals surface area contributed by atoms with Crippen molar-refractivity contribution in [3.8, 4) is 0 Å². The summed E-state index contributed by atoms with van der Waals surface area (Å²) in [6, 6.07) is 0.418. The van der Waals surface area contributed by atoms with E-state index < -0.39 is 0 Å². The van der Waals surface area contributed by atoms with Gasteiger partial charge in [-0.3, -0.25) is 5.10 Å². The van der Waals surface area contributed by atoms with Gasteiger partial charge in [0, 0.05) is 30.5 Å². The molecule has 2 N–H and O–H groups in total. The molecule has 1 fully saturated rings. The van der Waals surface area contributed by atoms with Crippen molar-refractivity contribution in [3.63, 3.8) is 0 Å². The van der Waals surface area contributed by atoms with E-state index in [0.29, 0.717) is 12.1 Å². The summed E-state index contributed by atoms with van der Waals surface area (Å²) in [5.41, 5.74) is 2.38. The Labute approximate surface area is 90.4 Å². The molecule has 1 aromatic heterocycles. The molecule has 1 aliphatic rings. The molecule has 0 bridgehead atoms. The van der Waals surface area contributed by atoms with Gasteiger partial charge in [0.2, 0.25) is 0 Å². The molecule has 4 nitrogen and oxygen atoms in total. The molecule has 0 aromatic carbocycles. The third-order valence-electron chi connectivity index (χ3n) is 3.07. The van der Waals surface area contributed by atoms with Gasteiger partial charge in [-0.2, -0.15) is 5.10 Å². The summed E-state index contributed by atoms with van der Waals surface area (Å²) >= 11 is 0. The van der Waals surface area contributed by atoms with Crippen LogP contribution in [0.15, 0.2) is 6.20 Å². The van der Waals surface area contributed by atoms with Crippen LogP contribution in [0, 0.1) is 6.92 Å². The lowest BCUT2D eigenvalue weighted by Crippen LogP contribution is -2.36. The highest BCUT2D eigenvalue weighted by atomic mass is 16.5. The van der Waals surface area contributed by atoms with Crippen LogP contribution in [-0.4, -0.2) is 29.0 Å². The number of aromatic amines is 1. The fourth-order valence-electron chi connectivity index (χ4n) is 1.95. The molecule has 0 spiro atoms. The Bertz CT molecular complexity index is 305. The molecule has 15 heavy (non-hydrogen) atoms. The lowest BCUT2D eigenvalue weighted by atomic mass is 10.1. The van der Waals surface area contributed by atoms with Gasteiger partial charge in [0.25, 0.3) is 0 Å². The van der Waals surface area contributed by atoms with Crippen molar-refractivity contribution in [2.24, 2.45) is 0 Å². The van der Waals surface area contributed by atoms with Crippen LogP contribution in [-0.2, 0) is 11.3 Å². The first-order valence-electron chi connectivity index (χ1n) is 5.61. The van der Waals surface area contributed by atoms with Crippen LogP contribution in [0.3, 0.4) is 0 Å². The predicted molar refractivity (Wildman–Crippen MR) is 58.6 cm³/mol. The maximum Gasteiger partial charge on any atom is 0.0726 e. The van der Waals surface area contributed by atoms with Crippen molar-refractivity contribution >= 4 is 0 Å². The maximum atomic E-state index is 5.63. The van der Waals surface area contributed by atoms with Gasteiger partial charge in [-0.15, -0.1) is 0 Å². The smallest absolute Gasteiger partial charge is 0.0726 e. The molecule has 0 aliphatic carbocycles. The number of H-pyrrole nitrogens is 1. The monoisotopic (exact) mass is 209 g/mol. The Morgan fingerprint density at radius 1 is 1.73 bits per heavy atom. The number of ether oxygens (including phenoxy) is 1. The van der Waals surface area contributed by atoms with Gasteiger partial charge < -0.3 is 10.1 Å². The van der Waals surface area contributed by atoms with Gasteiger partial charge in [-0.25, -0.2) is 0 Å². The molecule has 1 aliphatic heterocycles. The first-order valence-corrected chi connectivity index (χ1v) is 5.61. The average Bonchev–Trinajstić information content (AvgIpc) is 2.85. The van der Waals surface area contributed by atoms with E-state index in [4.69, 9.17) is 4.74 Å². The molecule has 2 atom stereocenters. The number of hydrogen-bond donors (Lipinski definition) is 2. The molecular weight excluding hydrogens is 190 g/mol. The minimum absolute atomic E-state index is 0.386. The molecule has 0 amide bonds. The molecule has 4 heteroatoms. The SMILES string of the molecule is Cc1[nH]ncc1CN[C@@H](C)[C@@H]1CCCO1. The van der Waals surface area contributed by atoms with Gasteiger partial charge in [-0.1, -0.05) is 0 Å². The van der Waals surface area contributed by atoms with E-state index >= 15 is 0 Å². The van der Waals surface area contributed by atoms with Crippen molar-refractivity contribution in [1.29, 1.82) is 0 Å². The third kappa shape index (κ3) is 2.58. The second-order valence-electron chi connectivity index (χ2n) is 4.24. The summed E-state index contributed by atoms with van der Waals surface area (Å²) in [6.07, 6.45) is 4.64. The van der Waals surface area contributed by atoms with Crippen LogP contribution in [0.2, 0.25) is 0 Å². The Kier molecular flexibility index (Phi) is 3.38. The molecule has 84 valence electrons. The molecular formula is C11H19N3O. The van der Waals surface area contributed by atoms with Crippen LogP contribution in [0.1, 0.15) is 31.0 Å². The first kappa shape index (κ1) is 10.6. The Morgan fingerprint density at radius 2 is 2.60 bits per heavy atom. The van der Waals surface area contributed by atoms with Crippen LogP contribution < -0.4 is 5.32 Å². The van der Waals surface area contributed by atoms with Gasteiger partial charge in [0.05, 0.1) is 12.3 Å². The van der Waals surface area contributed by atoms with E-state index in [0.717, 1.165) is 18.8 Å². The second kappa shape index (κ2) is 4.77. The third-order valence-corrected chi connectivity index (χ3v) is 3.07. The van der Waals surface area contributed by atoms with Gasteiger partial charge >= 0.3 is 0 Å². The molecule has 2 heterocycles. The summed E-state index contributed by atoms with van der Waals surface area (Å²) in [7, 11) is 0. The fourth-order valence-corrected chi connectivity index (χ4v) is 1.95. The van der Waals surface area contributed by atoms with Crippen LogP contribution >= 0.6 is 0 Å². The minimum atomic E-state index is 0.386. The van der Waals surface area contributed by atoms with E-state index in [1.807, 2.05) is 13.1 Å². The van der Waals surface area contributed by atoms with Crippen molar-refractivity contribution < 1.29 is 4.74 Å². The summed E-state index contributed by atoms with van der Waals surface area (Å²) in [5, 5.41) is 10.4. The summed E-state index contributed by atoms with van der Waals surface area (Å²) in [4.78, 5) is 0.